The molecule has 3 rings (SSSR count). The molecule has 1 heterocycles. The van der Waals surface area contributed by atoms with Crippen LogP contribution in [-0.2, 0) is 0 Å². The van der Waals surface area contributed by atoms with E-state index < -0.39 is 0 Å². The fourth-order valence-electron chi connectivity index (χ4n) is 3.85. The first-order chi connectivity index (χ1) is 9.93. The van der Waals surface area contributed by atoms with Crippen molar-refractivity contribution >= 4 is 0 Å². The summed E-state index contributed by atoms with van der Waals surface area (Å²) in [6.07, 6.45) is 9.64. The maximum atomic E-state index is 4.00. The number of benzene rings is 1. The molecule has 1 saturated carbocycles. The van der Waals surface area contributed by atoms with Gasteiger partial charge in [-0.25, -0.2) is 0 Å². The third-order valence-corrected chi connectivity index (χ3v) is 4.99. The molecule has 0 aromatic heterocycles. The molecule has 20 heavy (non-hydrogen) atoms. The predicted octanol–water partition coefficient (Wildman–Crippen LogP) is 3.65. The quantitative estimate of drug-likeness (QED) is 0.874. The number of hydrogen-bond acceptors (Lipinski definition) is 2. The van der Waals surface area contributed by atoms with E-state index in [9.17, 15) is 0 Å². The lowest BCUT2D eigenvalue weighted by atomic mass is 9.85. The minimum Gasteiger partial charge on any atom is -0.316 e. The lowest BCUT2D eigenvalue weighted by Gasteiger charge is -2.36. The summed E-state index contributed by atoms with van der Waals surface area (Å²) in [5.74, 6) is 0.744. The molecule has 0 radical (unpaired) electrons. The van der Waals surface area contributed by atoms with Crippen LogP contribution in [0.2, 0.25) is 0 Å². The van der Waals surface area contributed by atoms with Crippen molar-refractivity contribution in [2.75, 3.05) is 13.1 Å². The van der Waals surface area contributed by atoms with E-state index in [1.54, 1.807) is 0 Å². The van der Waals surface area contributed by atoms with E-state index >= 15 is 0 Å². The Morgan fingerprint density at radius 1 is 0.950 bits per heavy atom. The van der Waals surface area contributed by atoms with E-state index in [4.69, 9.17) is 0 Å². The summed E-state index contributed by atoms with van der Waals surface area (Å²) in [4.78, 5) is 0. The Balaban J connectivity index is 1.72. The summed E-state index contributed by atoms with van der Waals surface area (Å²) in [7, 11) is 0. The molecule has 2 heteroatoms. The summed E-state index contributed by atoms with van der Waals surface area (Å²) < 4.78 is 0. The van der Waals surface area contributed by atoms with E-state index in [2.05, 4.69) is 41.0 Å². The lowest BCUT2D eigenvalue weighted by Crippen LogP contribution is -2.43. The van der Waals surface area contributed by atoms with Crippen molar-refractivity contribution in [3.8, 4) is 0 Å². The maximum Gasteiger partial charge on any atom is 0.0363 e. The third-order valence-electron chi connectivity index (χ3n) is 4.99. The Labute approximate surface area is 123 Å². The van der Waals surface area contributed by atoms with E-state index in [1.807, 2.05) is 0 Å². The molecule has 2 nitrogen and oxygen atoms in total. The van der Waals surface area contributed by atoms with Crippen molar-refractivity contribution < 1.29 is 0 Å². The third kappa shape index (κ3) is 3.62. The summed E-state index contributed by atoms with van der Waals surface area (Å²) in [6.45, 7) is 2.36. The van der Waals surface area contributed by atoms with Crippen LogP contribution >= 0.6 is 0 Å². The predicted molar refractivity (Wildman–Crippen MR) is 84.8 cm³/mol. The Kier molecular flexibility index (Phi) is 5.10. The fraction of sp³-hybridized carbons (Fsp3) is 0.667. The highest BCUT2D eigenvalue weighted by molar-refractivity contribution is 5.20. The van der Waals surface area contributed by atoms with Crippen molar-refractivity contribution in [3.05, 3.63) is 35.9 Å². The molecule has 1 aromatic carbocycles. The monoisotopic (exact) mass is 272 g/mol. The molecule has 110 valence electrons. The second kappa shape index (κ2) is 7.24. The largest absolute Gasteiger partial charge is 0.316 e. The standard InChI is InChI=1S/C18H28N2/c1-3-8-15(9-4-1)18(16-10-7-13-19-14-16)20-17-11-5-2-6-12-17/h1,3-4,8-9,16-20H,2,5-7,10-14H2. The van der Waals surface area contributed by atoms with Crippen molar-refractivity contribution in [3.63, 3.8) is 0 Å². The average Bonchev–Trinajstić information content (AvgIpc) is 2.55. The Bertz CT molecular complexity index is 378. The summed E-state index contributed by atoms with van der Waals surface area (Å²) in [5.41, 5.74) is 1.48. The van der Waals surface area contributed by atoms with Crippen molar-refractivity contribution in [2.24, 2.45) is 5.92 Å². The van der Waals surface area contributed by atoms with Crippen LogP contribution in [0.25, 0.3) is 0 Å². The van der Waals surface area contributed by atoms with Gasteiger partial charge in [-0.05, 0) is 50.3 Å². The molecule has 2 atom stereocenters. The van der Waals surface area contributed by atoms with Gasteiger partial charge >= 0.3 is 0 Å². The number of nitrogens with one attached hydrogen (secondary N) is 2. The SMILES string of the molecule is c1ccc(C(NC2CCCCC2)C2CCCNC2)cc1. The van der Waals surface area contributed by atoms with Gasteiger partial charge in [-0.1, -0.05) is 49.6 Å². The number of rotatable bonds is 4. The molecule has 2 N–H and O–H groups in total. The van der Waals surface area contributed by atoms with Gasteiger partial charge in [0.2, 0.25) is 0 Å². The highest BCUT2D eigenvalue weighted by atomic mass is 15.0. The van der Waals surface area contributed by atoms with Gasteiger partial charge in [0.25, 0.3) is 0 Å². The molecule has 0 amide bonds. The number of piperidine rings is 1. The maximum absolute atomic E-state index is 4.00. The molecular weight excluding hydrogens is 244 g/mol. The van der Waals surface area contributed by atoms with E-state index in [-0.39, 0.29) is 0 Å². The van der Waals surface area contributed by atoms with Crippen LogP contribution in [0.4, 0.5) is 0 Å². The highest BCUT2D eigenvalue weighted by Gasteiger charge is 2.27. The molecule has 1 aromatic rings. The highest BCUT2D eigenvalue weighted by Crippen LogP contribution is 2.30. The van der Waals surface area contributed by atoms with Crippen molar-refractivity contribution in [1.29, 1.82) is 0 Å². The molecular formula is C18H28N2. The van der Waals surface area contributed by atoms with Crippen LogP contribution in [0.5, 0.6) is 0 Å². The Morgan fingerprint density at radius 3 is 2.45 bits per heavy atom. The molecule has 1 aliphatic carbocycles. The zero-order chi connectivity index (χ0) is 13.6. The van der Waals surface area contributed by atoms with E-state index in [0.29, 0.717) is 6.04 Å². The zero-order valence-electron chi connectivity index (χ0n) is 12.5. The van der Waals surface area contributed by atoms with Crippen molar-refractivity contribution in [1.82, 2.24) is 10.6 Å². The van der Waals surface area contributed by atoms with Gasteiger partial charge < -0.3 is 10.6 Å². The summed E-state index contributed by atoms with van der Waals surface area (Å²) >= 11 is 0. The molecule has 2 fully saturated rings. The first kappa shape index (κ1) is 14.1. The first-order valence-corrected chi connectivity index (χ1v) is 8.45. The second-order valence-electron chi connectivity index (χ2n) is 6.50. The Morgan fingerprint density at radius 2 is 1.75 bits per heavy atom. The molecule has 1 saturated heterocycles. The van der Waals surface area contributed by atoms with Crippen LogP contribution in [0.1, 0.15) is 56.6 Å². The molecule has 0 bridgehead atoms. The van der Waals surface area contributed by atoms with Gasteiger partial charge in [-0.3, -0.25) is 0 Å². The van der Waals surface area contributed by atoms with Crippen LogP contribution in [0.15, 0.2) is 30.3 Å². The van der Waals surface area contributed by atoms with Crippen molar-refractivity contribution in [2.45, 2.75) is 57.0 Å². The van der Waals surface area contributed by atoms with E-state index in [1.165, 1.54) is 63.6 Å². The van der Waals surface area contributed by atoms with Gasteiger partial charge in [0, 0.05) is 12.1 Å². The molecule has 2 aliphatic rings. The van der Waals surface area contributed by atoms with Crippen LogP contribution in [-0.4, -0.2) is 19.1 Å². The zero-order valence-corrected chi connectivity index (χ0v) is 12.5. The normalized spacial score (nSPS) is 26.3. The smallest absolute Gasteiger partial charge is 0.0363 e. The minimum absolute atomic E-state index is 0.534. The van der Waals surface area contributed by atoms with Gasteiger partial charge in [-0.2, -0.15) is 0 Å². The summed E-state index contributed by atoms with van der Waals surface area (Å²) in [5, 5.41) is 7.58. The van der Waals surface area contributed by atoms with Gasteiger partial charge in [0.15, 0.2) is 0 Å². The van der Waals surface area contributed by atoms with E-state index in [0.717, 1.165) is 12.0 Å². The summed E-state index contributed by atoms with van der Waals surface area (Å²) in [6, 6.07) is 12.4. The van der Waals surface area contributed by atoms with Crippen LogP contribution in [0.3, 0.4) is 0 Å². The van der Waals surface area contributed by atoms with Crippen LogP contribution in [0, 0.1) is 5.92 Å². The minimum atomic E-state index is 0.534. The first-order valence-electron chi connectivity index (χ1n) is 8.45. The fourth-order valence-corrected chi connectivity index (χ4v) is 3.85. The van der Waals surface area contributed by atoms with Crippen LogP contribution < -0.4 is 10.6 Å². The number of hydrogen-bond donors (Lipinski definition) is 2. The lowest BCUT2D eigenvalue weighted by molar-refractivity contribution is 0.244. The van der Waals surface area contributed by atoms with Gasteiger partial charge in [0.1, 0.15) is 0 Å². The Hall–Kier alpha value is -0.860. The molecule has 0 spiro atoms. The molecule has 1 aliphatic heterocycles. The second-order valence-corrected chi connectivity index (χ2v) is 6.50. The average molecular weight is 272 g/mol. The van der Waals surface area contributed by atoms with Gasteiger partial charge in [-0.15, -0.1) is 0 Å². The molecule has 2 unspecified atom stereocenters. The topological polar surface area (TPSA) is 24.1 Å². The van der Waals surface area contributed by atoms with Gasteiger partial charge in [0.05, 0.1) is 0 Å².